The first kappa shape index (κ1) is 17.9. The van der Waals surface area contributed by atoms with Gasteiger partial charge in [0.1, 0.15) is 5.82 Å². The third-order valence-electron chi connectivity index (χ3n) is 2.60. The second-order valence-corrected chi connectivity index (χ2v) is 5.58. The van der Waals surface area contributed by atoms with Crippen LogP contribution in [-0.2, 0) is 14.3 Å². The van der Waals surface area contributed by atoms with Crippen molar-refractivity contribution in [1.29, 1.82) is 0 Å². The smallest absolute Gasteiger partial charge is 0.330 e. The number of amides is 2. The van der Waals surface area contributed by atoms with Crippen molar-refractivity contribution in [2.24, 2.45) is 0 Å². The Kier molecular flexibility index (Phi) is 6.30. The highest BCUT2D eigenvalue weighted by Gasteiger charge is 2.24. The molecule has 0 fully saturated rings. The summed E-state index contributed by atoms with van der Waals surface area (Å²) in [4.78, 5) is 23.5. The molecule has 1 aromatic rings. The third kappa shape index (κ3) is 6.09. The van der Waals surface area contributed by atoms with E-state index in [1.165, 1.54) is 25.3 Å². The van der Waals surface area contributed by atoms with E-state index in [1.807, 2.05) is 20.8 Å². The number of rotatable bonds is 5. The third-order valence-corrected chi connectivity index (χ3v) is 2.60. The lowest BCUT2D eigenvalue weighted by molar-refractivity contribution is -0.145. The highest BCUT2D eigenvalue weighted by Crippen LogP contribution is 2.12. The fourth-order valence-corrected chi connectivity index (χ4v) is 1.52. The highest BCUT2D eigenvalue weighted by molar-refractivity contribution is 5.92. The summed E-state index contributed by atoms with van der Waals surface area (Å²) in [5, 5.41) is 4.73. The van der Waals surface area contributed by atoms with Gasteiger partial charge in [0, 0.05) is 0 Å². The topological polar surface area (TPSA) is 76.7 Å². The number of halogens is 1. The van der Waals surface area contributed by atoms with Gasteiger partial charge < -0.3 is 20.1 Å². The number of carbonyl (C=O) groups is 2. The summed E-state index contributed by atoms with van der Waals surface area (Å²) in [6.45, 7) is 5.41. The maximum atomic E-state index is 13.5. The SMILES string of the molecule is COC(=O)C(COC(C)(C)C)NC(=O)Nc1ccccc1F. The summed E-state index contributed by atoms with van der Waals surface area (Å²) in [6.07, 6.45) is 0. The Hall–Kier alpha value is -2.15. The number of ether oxygens (including phenoxy) is 2. The number of urea groups is 1. The van der Waals surface area contributed by atoms with Crippen molar-refractivity contribution in [2.75, 3.05) is 19.0 Å². The zero-order valence-electron chi connectivity index (χ0n) is 13.1. The molecule has 0 radical (unpaired) electrons. The molecule has 122 valence electrons. The molecule has 0 heterocycles. The zero-order valence-corrected chi connectivity index (χ0v) is 13.1. The molecule has 0 aliphatic rings. The molecule has 0 aliphatic carbocycles. The fourth-order valence-electron chi connectivity index (χ4n) is 1.52. The van der Waals surface area contributed by atoms with E-state index in [-0.39, 0.29) is 12.3 Å². The van der Waals surface area contributed by atoms with Crippen molar-refractivity contribution in [1.82, 2.24) is 5.32 Å². The second-order valence-electron chi connectivity index (χ2n) is 5.58. The highest BCUT2D eigenvalue weighted by atomic mass is 19.1. The summed E-state index contributed by atoms with van der Waals surface area (Å²) in [5.74, 6) is -1.22. The molecule has 0 bridgehead atoms. The molecule has 1 atom stereocenters. The van der Waals surface area contributed by atoms with Gasteiger partial charge in [0.15, 0.2) is 6.04 Å². The van der Waals surface area contributed by atoms with Gasteiger partial charge in [-0.1, -0.05) is 12.1 Å². The largest absolute Gasteiger partial charge is 0.467 e. The first-order chi connectivity index (χ1) is 10.2. The molecule has 2 amide bonds. The molecule has 0 spiro atoms. The van der Waals surface area contributed by atoms with Crippen LogP contribution in [0.1, 0.15) is 20.8 Å². The van der Waals surface area contributed by atoms with Gasteiger partial charge in [-0.3, -0.25) is 0 Å². The van der Waals surface area contributed by atoms with Crippen molar-refractivity contribution >= 4 is 17.7 Å². The lowest BCUT2D eigenvalue weighted by Crippen LogP contribution is -2.47. The van der Waals surface area contributed by atoms with Crippen LogP contribution in [0.3, 0.4) is 0 Å². The van der Waals surface area contributed by atoms with Gasteiger partial charge in [-0.25, -0.2) is 14.0 Å². The Labute approximate surface area is 129 Å². The van der Waals surface area contributed by atoms with Gasteiger partial charge >= 0.3 is 12.0 Å². The maximum Gasteiger partial charge on any atom is 0.330 e. The van der Waals surface area contributed by atoms with Crippen LogP contribution in [0.15, 0.2) is 24.3 Å². The Bertz CT molecular complexity index is 529. The number of methoxy groups -OCH3 is 1. The molecule has 1 unspecified atom stereocenters. The van der Waals surface area contributed by atoms with Crippen LogP contribution in [0, 0.1) is 5.82 Å². The number of esters is 1. The Morgan fingerprint density at radius 3 is 2.45 bits per heavy atom. The Balaban J connectivity index is 2.66. The minimum absolute atomic E-state index is 0.0142. The summed E-state index contributed by atoms with van der Waals surface area (Å²) in [7, 11) is 1.21. The molecule has 1 aromatic carbocycles. The first-order valence-electron chi connectivity index (χ1n) is 6.77. The van der Waals surface area contributed by atoms with Gasteiger partial charge in [0.25, 0.3) is 0 Å². The zero-order chi connectivity index (χ0) is 16.8. The number of carbonyl (C=O) groups excluding carboxylic acids is 2. The van der Waals surface area contributed by atoms with E-state index in [1.54, 1.807) is 6.07 Å². The van der Waals surface area contributed by atoms with E-state index < -0.39 is 29.5 Å². The van der Waals surface area contributed by atoms with Crippen molar-refractivity contribution in [3.05, 3.63) is 30.1 Å². The molecule has 7 heteroatoms. The summed E-state index contributed by atoms with van der Waals surface area (Å²) >= 11 is 0. The minimum atomic E-state index is -0.990. The minimum Gasteiger partial charge on any atom is -0.467 e. The second kappa shape index (κ2) is 7.74. The lowest BCUT2D eigenvalue weighted by atomic mass is 10.2. The van der Waals surface area contributed by atoms with E-state index in [4.69, 9.17) is 4.74 Å². The number of benzene rings is 1. The molecule has 6 nitrogen and oxygen atoms in total. The number of anilines is 1. The van der Waals surface area contributed by atoms with Gasteiger partial charge in [0.05, 0.1) is 25.0 Å². The van der Waals surface area contributed by atoms with Crippen LogP contribution in [0.5, 0.6) is 0 Å². The van der Waals surface area contributed by atoms with E-state index >= 15 is 0 Å². The molecule has 0 aromatic heterocycles. The van der Waals surface area contributed by atoms with Crippen LogP contribution < -0.4 is 10.6 Å². The molecule has 0 saturated heterocycles. The Morgan fingerprint density at radius 2 is 1.91 bits per heavy atom. The lowest BCUT2D eigenvalue weighted by Gasteiger charge is -2.24. The van der Waals surface area contributed by atoms with Gasteiger partial charge in [-0.2, -0.15) is 0 Å². The number of hydrogen-bond donors (Lipinski definition) is 2. The van der Waals surface area contributed by atoms with E-state index in [0.717, 1.165) is 0 Å². The predicted octanol–water partition coefficient (Wildman–Crippen LogP) is 2.30. The van der Waals surface area contributed by atoms with Gasteiger partial charge in [-0.05, 0) is 32.9 Å². The number of hydrogen-bond acceptors (Lipinski definition) is 4. The van der Waals surface area contributed by atoms with Crippen molar-refractivity contribution in [3.63, 3.8) is 0 Å². The fraction of sp³-hybridized carbons (Fsp3) is 0.467. The van der Waals surface area contributed by atoms with E-state index in [9.17, 15) is 14.0 Å². The normalized spacial score (nSPS) is 12.4. The summed E-state index contributed by atoms with van der Waals surface area (Å²) in [6, 6.07) is 4.00. The summed E-state index contributed by atoms with van der Waals surface area (Å²) < 4.78 is 23.5. The van der Waals surface area contributed by atoms with Crippen LogP contribution in [0.2, 0.25) is 0 Å². The van der Waals surface area contributed by atoms with Crippen LogP contribution in [0.4, 0.5) is 14.9 Å². The van der Waals surface area contributed by atoms with Crippen LogP contribution in [0.25, 0.3) is 0 Å². The molecule has 0 saturated carbocycles. The van der Waals surface area contributed by atoms with Crippen molar-refractivity contribution in [3.8, 4) is 0 Å². The predicted molar refractivity (Wildman–Crippen MR) is 80.1 cm³/mol. The summed E-state index contributed by atoms with van der Waals surface area (Å²) in [5.41, 5.74) is -0.462. The van der Waals surface area contributed by atoms with E-state index in [0.29, 0.717) is 0 Å². The standard InChI is InChI=1S/C15H21FN2O4/c1-15(2,3)22-9-12(13(19)21-4)18-14(20)17-11-8-6-5-7-10(11)16/h5-8,12H,9H2,1-4H3,(H2,17,18,20). The molecule has 0 aliphatic heterocycles. The quantitative estimate of drug-likeness (QED) is 0.818. The average Bonchev–Trinajstić information content (AvgIpc) is 2.44. The van der Waals surface area contributed by atoms with Crippen molar-refractivity contribution < 1.29 is 23.5 Å². The molecular formula is C15H21FN2O4. The molecular weight excluding hydrogens is 291 g/mol. The monoisotopic (exact) mass is 312 g/mol. The van der Waals surface area contributed by atoms with E-state index in [2.05, 4.69) is 15.4 Å². The number of para-hydroxylation sites is 1. The van der Waals surface area contributed by atoms with Gasteiger partial charge in [-0.15, -0.1) is 0 Å². The first-order valence-corrected chi connectivity index (χ1v) is 6.77. The number of nitrogens with one attached hydrogen (secondary N) is 2. The average molecular weight is 312 g/mol. The molecule has 1 rings (SSSR count). The Morgan fingerprint density at radius 1 is 1.27 bits per heavy atom. The molecule has 2 N–H and O–H groups in total. The maximum absolute atomic E-state index is 13.5. The van der Waals surface area contributed by atoms with Gasteiger partial charge in [0.2, 0.25) is 0 Å². The van der Waals surface area contributed by atoms with Crippen molar-refractivity contribution in [2.45, 2.75) is 32.4 Å². The van der Waals surface area contributed by atoms with Crippen LogP contribution >= 0.6 is 0 Å². The molecule has 22 heavy (non-hydrogen) atoms. The van der Waals surface area contributed by atoms with Crippen LogP contribution in [-0.4, -0.2) is 37.4 Å².